The third-order valence-corrected chi connectivity index (χ3v) is 4.43. The molecule has 32 heavy (non-hydrogen) atoms. The Hall–Kier alpha value is -3.79. The number of pyridine rings is 1. The minimum absolute atomic E-state index is 0.0731. The van der Waals surface area contributed by atoms with Gasteiger partial charge < -0.3 is 20.7 Å². The van der Waals surface area contributed by atoms with Crippen LogP contribution in [0, 0.1) is 0 Å². The zero-order chi connectivity index (χ0) is 23.3. The molecule has 0 unspecified atom stereocenters. The lowest BCUT2D eigenvalue weighted by atomic mass is 10.2. The molecule has 2 aromatic carbocycles. The van der Waals surface area contributed by atoms with Crippen molar-refractivity contribution in [2.24, 2.45) is 0 Å². The average Bonchev–Trinajstić information content (AvgIpc) is 2.75. The fourth-order valence-corrected chi connectivity index (χ4v) is 2.84. The Labute approximate surface area is 185 Å². The number of anilines is 2. The van der Waals surface area contributed by atoms with Crippen LogP contribution in [-0.4, -0.2) is 24.0 Å². The molecule has 0 radical (unpaired) electrons. The second-order valence-corrected chi connectivity index (χ2v) is 6.74. The predicted octanol–water partition coefficient (Wildman–Crippen LogP) is 5.55. The van der Waals surface area contributed by atoms with E-state index in [1.807, 2.05) is 0 Å². The highest BCUT2D eigenvalue weighted by molar-refractivity contribution is 6.31. The van der Waals surface area contributed by atoms with Gasteiger partial charge in [0, 0.05) is 24.6 Å². The summed E-state index contributed by atoms with van der Waals surface area (Å²) in [5.74, 6) is 0.0970. The summed E-state index contributed by atoms with van der Waals surface area (Å²) in [5.41, 5.74) is -0.523. The van der Waals surface area contributed by atoms with Crippen molar-refractivity contribution in [3.8, 4) is 11.6 Å². The number of nitrogens with zero attached hydrogens (tertiary/aromatic N) is 1. The van der Waals surface area contributed by atoms with Crippen molar-refractivity contribution in [2.75, 3.05) is 17.7 Å². The van der Waals surface area contributed by atoms with Crippen molar-refractivity contribution < 1.29 is 27.5 Å². The summed E-state index contributed by atoms with van der Waals surface area (Å²) >= 11 is 5.57. The summed E-state index contributed by atoms with van der Waals surface area (Å²) < 4.78 is 44.5. The number of carbonyl (C=O) groups is 2. The Morgan fingerprint density at radius 2 is 1.66 bits per heavy atom. The molecule has 3 N–H and O–H groups in total. The van der Waals surface area contributed by atoms with Gasteiger partial charge in [-0.1, -0.05) is 11.6 Å². The monoisotopic (exact) mass is 464 g/mol. The van der Waals surface area contributed by atoms with Gasteiger partial charge in [0.15, 0.2) is 0 Å². The first-order valence-electron chi connectivity index (χ1n) is 9.07. The lowest BCUT2D eigenvalue weighted by Gasteiger charge is -2.13. The number of alkyl halides is 3. The maximum Gasteiger partial charge on any atom is 0.417 e. The van der Waals surface area contributed by atoms with E-state index in [1.54, 1.807) is 12.1 Å². The van der Waals surface area contributed by atoms with E-state index >= 15 is 0 Å². The van der Waals surface area contributed by atoms with Gasteiger partial charge in [0.1, 0.15) is 11.3 Å². The molecule has 1 aromatic heterocycles. The molecule has 3 amide bonds. The van der Waals surface area contributed by atoms with Crippen LogP contribution in [0.5, 0.6) is 11.6 Å². The van der Waals surface area contributed by atoms with Crippen LogP contribution in [0.1, 0.15) is 15.9 Å². The maximum atomic E-state index is 12.9. The second kappa shape index (κ2) is 9.56. The number of rotatable bonds is 5. The Kier molecular flexibility index (Phi) is 6.84. The maximum absolute atomic E-state index is 12.9. The zero-order valence-electron chi connectivity index (χ0n) is 16.5. The number of carbonyl (C=O) groups excluding carboxylic acids is 2. The second-order valence-electron chi connectivity index (χ2n) is 6.33. The highest BCUT2D eigenvalue weighted by atomic mass is 35.5. The summed E-state index contributed by atoms with van der Waals surface area (Å²) in [7, 11) is 1.48. The summed E-state index contributed by atoms with van der Waals surface area (Å²) in [6.07, 6.45) is -3.17. The largest absolute Gasteiger partial charge is 0.438 e. The van der Waals surface area contributed by atoms with E-state index < -0.39 is 22.8 Å². The van der Waals surface area contributed by atoms with Crippen LogP contribution in [0.3, 0.4) is 0 Å². The van der Waals surface area contributed by atoms with Crippen molar-refractivity contribution in [1.82, 2.24) is 10.3 Å². The summed E-state index contributed by atoms with van der Waals surface area (Å²) in [6, 6.07) is 11.5. The van der Waals surface area contributed by atoms with Gasteiger partial charge in [-0.15, -0.1) is 0 Å². The Morgan fingerprint density at radius 1 is 1.00 bits per heavy atom. The fourth-order valence-electron chi connectivity index (χ4n) is 2.61. The first-order chi connectivity index (χ1) is 15.2. The normalized spacial score (nSPS) is 10.9. The zero-order valence-corrected chi connectivity index (χ0v) is 17.2. The number of ether oxygens (including phenoxy) is 1. The molecule has 0 fully saturated rings. The molecular formula is C21H16ClF3N4O3. The van der Waals surface area contributed by atoms with Gasteiger partial charge in [0.05, 0.1) is 10.6 Å². The molecule has 0 aliphatic rings. The molecule has 11 heteroatoms. The molecule has 7 nitrogen and oxygen atoms in total. The van der Waals surface area contributed by atoms with Gasteiger partial charge >= 0.3 is 12.2 Å². The number of urea groups is 1. The van der Waals surface area contributed by atoms with Crippen LogP contribution in [-0.2, 0) is 6.18 Å². The van der Waals surface area contributed by atoms with Crippen LogP contribution in [0.2, 0.25) is 5.02 Å². The number of amides is 3. The molecule has 166 valence electrons. The third kappa shape index (κ3) is 5.67. The Balaban J connectivity index is 1.65. The van der Waals surface area contributed by atoms with Crippen LogP contribution in [0.25, 0.3) is 0 Å². The van der Waals surface area contributed by atoms with Crippen molar-refractivity contribution in [1.29, 1.82) is 0 Å². The van der Waals surface area contributed by atoms with Crippen LogP contribution in [0.4, 0.5) is 29.3 Å². The van der Waals surface area contributed by atoms with Gasteiger partial charge in [0.25, 0.3) is 5.91 Å². The topological polar surface area (TPSA) is 92.3 Å². The minimum Gasteiger partial charge on any atom is -0.438 e. The van der Waals surface area contributed by atoms with Crippen LogP contribution in [0.15, 0.2) is 60.8 Å². The number of hydrogen-bond donors (Lipinski definition) is 3. The number of benzene rings is 2. The Morgan fingerprint density at radius 3 is 2.31 bits per heavy atom. The van der Waals surface area contributed by atoms with E-state index in [2.05, 4.69) is 20.9 Å². The quantitative estimate of drug-likeness (QED) is 0.461. The number of nitrogens with one attached hydrogen (secondary N) is 3. The number of aromatic nitrogens is 1. The van der Waals surface area contributed by atoms with E-state index in [9.17, 15) is 22.8 Å². The van der Waals surface area contributed by atoms with E-state index in [1.165, 1.54) is 43.6 Å². The molecule has 0 saturated carbocycles. The standard InChI is InChI=1S/C21H16ClF3N4O3/c1-26-18(30)15-3-2-10-27-19(15)32-14-7-4-12(5-8-14)28-20(31)29-13-6-9-17(22)16(11-13)21(23,24)25/h2-11H,1H3,(H,26,30)(H2,28,29,31). The van der Waals surface area contributed by atoms with Gasteiger partial charge in [-0.2, -0.15) is 13.2 Å². The molecule has 0 spiro atoms. The van der Waals surface area contributed by atoms with E-state index in [0.717, 1.165) is 12.1 Å². The fraction of sp³-hybridized carbons (Fsp3) is 0.0952. The van der Waals surface area contributed by atoms with Crippen LogP contribution >= 0.6 is 11.6 Å². The van der Waals surface area contributed by atoms with Crippen molar-refractivity contribution >= 4 is 34.9 Å². The van der Waals surface area contributed by atoms with Crippen molar-refractivity contribution in [3.63, 3.8) is 0 Å². The summed E-state index contributed by atoms with van der Waals surface area (Å²) in [6.45, 7) is 0. The lowest BCUT2D eigenvalue weighted by Crippen LogP contribution is -2.20. The van der Waals surface area contributed by atoms with Gasteiger partial charge in [-0.3, -0.25) is 4.79 Å². The van der Waals surface area contributed by atoms with E-state index in [0.29, 0.717) is 11.4 Å². The summed E-state index contributed by atoms with van der Waals surface area (Å²) in [4.78, 5) is 28.1. The molecule has 0 bridgehead atoms. The Bertz CT molecular complexity index is 1140. The predicted molar refractivity (Wildman–Crippen MR) is 113 cm³/mol. The minimum atomic E-state index is -4.65. The molecule has 0 aliphatic heterocycles. The lowest BCUT2D eigenvalue weighted by molar-refractivity contribution is -0.137. The number of hydrogen-bond acceptors (Lipinski definition) is 4. The van der Waals surface area contributed by atoms with Gasteiger partial charge in [0.2, 0.25) is 5.88 Å². The smallest absolute Gasteiger partial charge is 0.417 e. The third-order valence-electron chi connectivity index (χ3n) is 4.10. The highest BCUT2D eigenvalue weighted by Crippen LogP contribution is 2.36. The highest BCUT2D eigenvalue weighted by Gasteiger charge is 2.33. The van der Waals surface area contributed by atoms with E-state index in [4.69, 9.17) is 16.3 Å². The molecular weight excluding hydrogens is 449 g/mol. The molecule has 1 heterocycles. The van der Waals surface area contributed by atoms with Crippen molar-refractivity contribution in [2.45, 2.75) is 6.18 Å². The molecule has 0 aliphatic carbocycles. The molecule has 3 aromatic rings. The molecule has 0 saturated heterocycles. The first-order valence-corrected chi connectivity index (χ1v) is 9.45. The molecule has 3 rings (SSSR count). The first kappa shape index (κ1) is 22.9. The van der Waals surface area contributed by atoms with Gasteiger partial charge in [-0.05, 0) is 54.6 Å². The molecule has 0 atom stereocenters. The van der Waals surface area contributed by atoms with Crippen molar-refractivity contribution in [3.05, 3.63) is 76.9 Å². The summed E-state index contributed by atoms with van der Waals surface area (Å²) in [5, 5.41) is 6.83. The average molecular weight is 465 g/mol. The van der Waals surface area contributed by atoms with E-state index in [-0.39, 0.29) is 23.0 Å². The van der Waals surface area contributed by atoms with Gasteiger partial charge in [-0.25, -0.2) is 9.78 Å². The SMILES string of the molecule is CNC(=O)c1cccnc1Oc1ccc(NC(=O)Nc2ccc(Cl)c(C(F)(F)F)c2)cc1. The number of halogens is 4. The van der Waals surface area contributed by atoms with Crippen LogP contribution < -0.4 is 20.7 Å².